The number of hydrogen-bond donors (Lipinski definition) is 2. The van der Waals surface area contributed by atoms with E-state index in [4.69, 9.17) is 0 Å². The van der Waals surface area contributed by atoms with Gasteiger partial charge in [-0.25, -0.2) is 0 Å². The number of piperazine rings is 1. The molecule has 1 aromatic heterocycles. The van der Waals surface area contributed by atoms with Crippen LogP contribution in [0.25, 0.3) is 0 Å². The fourth-order valence-corrected chi connectivity index (χ4v) is 2.71. The van der Waals surface area contributed by atoms with Crippen LogP contribution in [0.3, 0.4) is 0 Å². The maximum absolute atomic E-state index is 3.40. The molecule has 1 fully saturated rings. The summed E-state index contributed by atoms with van der Waals surface area (Å²) in [5, 5.41) is 3.40. The van der Waals surface area contributed by atoms with Gasteiger partial charge in [0.15, 0.2) is 0 Å². The number of H-pyrrole nitrogens is 1. The Bertz CT molecular complexity index is 315. The van der Waals surface area contributed by atoms with E-state index in [1.807, 2.05) is 6.20 Å². The molecule has 1 atom stereocenters. The van der Waals surface area contributed by atoms with Crippen LogP contribution in [0.15, 0.2) is 18.5 Å². The lowest BCUT2D eigenvalue weighted by Crippen LogP contribution is -2.43. The highest BCUT2D eigenvalue weighted by molar-refractivity contribution is 5.13. The fourth-order valence-electron chi connectivity index (χ4n) is 2.71. The lowest BCUT2D eigenvalue weighted by atomic mass is 10.0. The molecular formula is C14H26N4. The zero-order chi connectivity index (χ0) is 12.8. The monoisotopic (exact) mass is 250 g/mol. The number of hydrogen-bond acceptors (Lipinski definition) is 3. The van der Waals surface area contributed by atoms with E-state index in [9.17, 15) is 0 Å². The van der Waals surface area contributed by atoms with Gasteiger partial charge < -0.3 is 20.1 Å². The van der Waals surface area contributed by atoms with E-state index in [1.54, 1.807) is 0 Å². The van der Waals surface area contributed by atoms with Gasteiger partial charge in [-0.1, -0.05) is 0 Å². The Kier molecular flexibility index (Phi) is 5.23. The summed E-state index contributed by atoms with van der Waals surface area (Å²) in [7, 11) is 4.34. The number of rotatable bonds is 6. The maximum atomic E-state index is 3.40. The maximum Gasteiger partial charge on any atom is 0.0357 e. The van der Waals surface area contributed by atoms with Gasteiger partial charge in [0.1, 0.15) is 0 Å². The van der Waals surface area contributed by atoms with E-state index in [0.29, 0.717) is 6.04 Å². The lowest BCUT2D eigenvalue weighted by molar-refractivity contribution is 0.217. The van der Waals surface area contributed by atoms with Crippen molar-refractivity contribution >= 4 is 0 Å². The molecule has 0 aliphatic carbocycles. The first-order valence-corrected chi connectivity index (χ1v) is 6.99. The molecule has 2 heterocycles. The molecular weight excluding hydrogens is 224 g/mol. The van der Waals surface area contributed by atoms with E-state index in [1.165, 1.54) is 38.0 Å². The summed E-state index contributed by atoms with van der Waals surface area (Å²) in [6, 6.07) is 2.73. The summed E-state index contributed by atoms with van der Waals surface area (Å²) < 4.78 is 0. The molecule has 1 saturated heterocycles. The fraction of sp³-hybridized carbons (Fsp3) is 0.714. The Morgan fingerprint density at radius 1 is 1.33 bits per heavy atom. The van der Waals surface area contributed by atoms with Crippen LogP contribution in [-0.2, 0) is 0 Å². The van der Waals surface area contributed by atoms with Crippen LogP contribution in [0.2, 0.25) is 0 Å². The van der Waals surface area contributed by atoms with Gasteiger partial charge in [-0.3, -0.25) is 0 Å². The van der Waals surface area contributed by atoms with Gasteiger partial charge in [0.05, 0.1) is 0 Å². The first-order chi connectivity index (χ1) is 8.77. The van der Waals surface area contributed by atoms with Crippen molar-refractivity contribution in [2.24, 2.45) is 0 Å². The Hall–Kier alpha value is -0.840. The summed E-state index contributed by atoms with van der Waals surface area (Å²) in [4.78, 5) is 8.05. The average Bonchev–Trinajstić information content (AvgIpc) is 2.89. The van der Waals surface area contributed by atoms with Crippen molar-refractivity contribution in [3.63, 3.8) is 0 Å². The Labute approximate surface area is 110 Å². The van der Waals surface area contributed by atoms with Crippen LogP contribution < -0.4 is 5.32 Å². The van der Waals surface area contributed by atoms with Crippen molar-refractivity contribution in [2.75, 3.05) is 46.8 Å². The number of aromatic nitrogens is 1. The molecule has 1 aromatic rings. The minimum absolute atomic E-state index is 0.541. The van der Waals surface area contributed by atoms with Crippen LogP contribution in [0.1, 0.15) is 24.4 Å². The molecule has 1 aliphatic rings. The normalized spacial score (nSPS) is 19.3. The molecule has 2 N–H and O–H groups in total. The standard InChI is InChI=1S/C14H26N4/c1-17(2)14(13-5-6-16-12-13)4-3-9-18-10-7-15-8-11-18/h5-6,12,14-16H,3-4,7-11H2,1-2H3. The highest BCUT2D eigenvalue weighted by Gasteiger charge is 2.15. The molecule has 0 saturated carbocycles. The SMILES string of the molecule is CN(C)C(CCCN1CCNCC1)c1cc[nH]c1. The van der Waals surface area contributed by atoms with Crippen molar-refractivity contribution in [3.05, 3.63) is 24.0 Å². The second kappa shape index (κ2) is 6.92. The molecule has 0 spiro atoms. The van der Waals surface area contributed by atoms with Gasteiger partial charge in [0, 0.05) is 44.6 Å². The van der Waals surface area contributed by atoms with Crippen LogP contribution in [0.4, 0.5) is 0 Å². The van der Waals surface area contributed by atoms with Crippen LogP contribution >= 0.6 is 0 Å². The van der Waals surface area contributed by atoms with Crippen LogP contribution in [-0.4, -0.2) is 61.6 Å². The minimum Gasteiger partial charge on any atom is -0.367 e. The van der Waals surface area contributed by atoms with Crippen molar-refractivity contribution in [1.82, 2.24) is 20.1 Å². The topological polar surface area (TPSA) is 34.3 Å². The first-order valence-electron chi connectivity index (χ1n) is 6.99. The largest absolute Gasteiger partial charge is 0.367 e. The van der Waals surface area contributed by atoms with E-state index >= 15 is 0 Å². The lowest BCUT2D eigenvalue weighted by Gasteiger charge is -2.29. The van der Waals surface area contributed by atoms with Crippen molar-refractivity contribution < 1.29 is 0 Å². The summed E-state index contributed by atoms with van der Waals surface area (Å²) in [5.41, 5.74) is 1.40. The molecule has 1 aliphatic heterocycles. The number of aromatic amines is 1. The molecule has 0 aromatic carbocycles. The van der Waals surface area contributed by atoms with Gasteiger partial charge in [0.25, 0.3) is 0 Å². The Balaban J connectivity index is 1.76. The van der Waals surface area contributed by atoms with Crippen molar-refractivity contribution in [2.45, 2.75) is 18.9 Å². The van der Waals surface area contributed by atoms with Gasteiger partial charge in [-0.05, 0) is 45.1 Å². The van der Waals surface area contributed by atoms with Gasteiger partial charge in [0.2, 0.25) is 0 Å². The van der Waals surface area contributed by atoms with E-state index in [0.717, 1.165) is 13.1 Å². The number of nitrogens with zero attached hydrogens (tertiary/aromatic N) is 2. The Morgan fingerprint density at radius 2 is 2.11 bits per heavy atom. The summed E-state index contributed by atoms with van der Waals surface area (Å²) in [5.74, 6) is 0. The predicted molar refractivity (Wildman–Crippen MR) is 75.8 cm³/mol. The van der Waals surface area contributed by atoms with E-state index in [2.05, 4.69) is 46.5 Å². The third kappa shape index (κ3) is 3.83. The Morgan fingerprint density at radius 3 is 2.72 bits per heavy atom. The molecule has 4 heteroatoms. The summed E-state index contributed by atoms with van der Waals surface area (Å²) in [6.07, 6.45) is 6.64. The molecule has 0 radical (unpaired) electrons. The van der Waals surface area contributed by atoms with Crippen molar-refractivity contribution in [1.29, 1.82) is 0 Å². The minimum atomic E-state index is 0.541. The third-order valence-electron chi connectivity index (χ3n) is 3.79. The number of nitrogens with one attached hydrogen (secondary N) is 2. The quantitative estimate of drug-likeness (QED) is 0.799. The molecule has 0 bridgehead atoms. The molecule has 0 amide bonds. The van der Waals surface area contributed by atoms with Gasteiger partial charge in [-0.2, -0.15) is 0 Å². The highest BCUT2D eigenvalue weighted by Crippen LogP contribution is 2.22. The summed E-state index contributed by atoms with van der Waals surface area (Å²) in [6.45, 7) is 5.94. The predicted octanol–water partition coefficient (Wildman–Crippen LogP) is 1.30. The highest BCUT2D eigenvalue weighted by atomic mass is 15.2. The molecule has 18 heavy (non-hydrogen) atoms. The van der Waals surface area contributed by atoms with Gasteiger partial charge in [-0.15, -0.1) is 0 Å². The molecule has 4 nitrogen and oxygen atoms in total. The van der Waals surface area contributed by atoms with Gasteiger partial charge >= 0.3 is 0 Å². The first kappa shape index (κ1) is 13.6. The van der Waals surface area contributed by atoms with E-state index in [-0.39, 0.29) is 0 Å². The second-order valence-corrected chi connectivity index (χ2v) is 5.36. The van der Waals surface area contributed by atoms with Crippen molar-refractivity contribution in [3.8, 4) is 0 Å². The molecule has 2 rings (SSSR count). The smallest absolute Gasteiger partial charge is 0.0357 e. The summed E-state index contributed by atoms with van der Waals surface area (Å²) >= 11 is 0. The molecule has 1 unspecified atom stereocenters. The average molecular weight is 250 g/mol. The second-order valence-electron chi connectivity index (χ2n) is 5.36. The third-order valence-corrected chi connectivity index (χ3v) is 3.79. The van der Waals surface area contributed by atoms with Crippen LogP contribution in [0.5, 0.6) is 0 Å². The van der Waals surface area contributed by atoms with E-state index < -0.39 is 0 Å². The zero-order valence-electron chi connectivity index (χ0n) is 11.7. The van der Waals surface area contributed by atoms with Crippen LogP contribution in [0, 0.1) is 0 Å². The zero-order valence-corrected chi connectivity index (χ0v) is 11.7. The molecule has 102 valence electrons.